The number of hydrogen-bond donors (Lipinski definition) is 1. The normalized spacial score (nSPS) is 19.5. The number of piperidine rings is 1. The van der Waals surface area contributed by atoms with Crippen molar-refractivity contribution in [2.45, 2.75) is 25.2 Å². The summed E-state index contributed by atoms with van der Waals surface area (Å²) in [5.41, 5.74) is 1.18. The zero-order valence-electron chi connectivity index (χ0n) is 10.6. The van der Waals surface area contributed by atoms with Crippen LogP contribution in [-0.4, -0.2) is 23.2 Å². The molecule has 3 rings (SSSR count). The van der Waals surface area contributed by atoms with E-state index in [1.54, 1.807) is 0 Å². The molecule has 0 saturated carbocycles. The number of nitrogens with one attached hydrogen (secondary N) is 1. The molecule has 0 amide bonds. The van der Waals surface area contributed by atoms with E-state index in [2.05, 4.69) is 43.5 Å². The Hall–Kier alpha value is -1.20. The molecule has 1 saturated heterocycles. The van der Waals surface area contributed by atoms with Crippen LogP contribution in [0.4, 0.5) is 0 Å². The molecule has 2 heterocycles. The molecule has 0 aliphatic carbocycles. The molecule has 19 heavy (non-hydrogen) atoms. The molecule has 1 aromatic heterocycles. The van der Waals surface area contributed by atoms with Crippen LogP contribution in [0.3, 0.4) is 0 Å². The third-order valence-electron chi connectivity index (χ3n) is 3.38. The highest BCUT2D eigenvalue weighted by atomic mass is 79.9. The molecule has 1 aromatic carbocycles. The van der Waals surface area contributed by atoms with E-state index in [0.29, 0.717) is 12.3 Å². The summed E-state index contributed by atoms with van der Waals surface area (Å²) in [6.45, 7) is 2.04. The van der Waals surface area contributed by atoms with Crippen molar-refractivity contribution in [3.8, 4) is 0 Å². The highest BCUT2D eigenvalue weighted by Crippen LogP contribution is 2.22. The highest BCUT2D eigenvalue weighted by molar-refractivity contribution is 9.10. The summed E-state index contributed by atoms with van der Waals surface area (Å²) in [5.74, 6) is 1.91. The Labute approximate surface area is 120 Å². The van der Waals surface area contributed by atoms with Gasteiger partial charge in [0.05, 0.1) is 5.92 Å². The van der Waals surface area contributed by atoms with Gasteiger partial charge in [0.1, 0.15) is 0 Å². The van der Waals surface area contributed by atoms with Gasteiger partial charge in [-0.2, -0.15) is 4.98 Å². The molecule has 100 valence electrons. The van der Waals surface area contributed by atoms with E-state index in [4.69, 9.17) is 4.52 Å². The molecule has 0 unspecified atom stereocenters. The first-order valence-corrected chi connectivity index (χ1v) is 7.38. The van der Waals surface area contributed by atoms with Crippen LogP contribution in [0.5, 0.6) is 0 Å². The van der Waals surface area contributed by atoms with Gasteiger partial charge in [-0.1, -0.05) is 33.2 Å². The van der Waals surface area contributed by atoms with Crippen LogP contribution in [0.25, 0.3) is 0 Å². The summed E-state index contributed by atoms with van der Waals surface area (Å²) in [5, 5.41) is 7.45. The molecule has 4 nitrogen and oxygen atoms in total. The number of nitrogens with zero attached hydrogens (tertiary/aromatic N) is 2. The Morgan fingerprint density at radius 2 is 2.37 bits per heavy atom. The van der Waals surface area contributed by atoms with Crippen LogP contribution >= 0.6 is 15.9 Å². The van der Waals surface area contributed by atoms with Crippen molar-refractivity contribution in [3.05, 3.63) is 46.0 Å². The maximum absolute atomic E-state index is 5.39. The lowest BCUT2D eigenvalue weighted by Crippen LogP contribution is -2.28. The Balaban J connectivity index is 1.70. The van der Waals surface area contributed by atoms with E-state index in [1.165, 1.54) is 12.0 Å². The van der Waals surface area contributed by atoms with Gasteiger partial charge in [0.25, 0.3) is 0 Å². The van der Waals surface area contributed by atoms with Crippen molar-refractivity contribution in [2.24, 2.45) is 0 Å². The lowest BCUT2D eigenvalue weighted by molar-refractivity contribution is 0.320. The molecule has 1 aliphatic rings. The third-order valence-corrected chi connectivity index (χ3v) is 3.87. The topological polar surface area (TPSA) is 51.0 Å². The van der Waals surface area contributed by atoms with Gasteiger partial charge in [-0.3, -0.25) is 0 Å². The first-order chi connectivity index (χ1) is 9.31. The fourth-order valence-corrected chi connectivity index (χ4v) is 2.84. The maximum Gasteiger partial charge on any atom is 0.231 e. The molecular formula is C14H16BrN3O. The molecule has 2 aromatic rings. The van der Waals surface area contributed by atoms with Crippen LogP contribution in [0.15, 0.2) is 33.3 Å². The third kappa shape index (κ3) is 3.22. The van der Waals surface area contributed by atoms with E-state index in [0.717, 1.165) is 35.7 Å². The van der Waals surface area contributed by atoms with Gasteiger partial charge < -0.3 is 9.84 Å². The summed E-state index contributed by atoms with van der Waals surface area (Å²) in [4.78, 5) is 4.53. The largest absolute Gasteiger partial charge is 0.339 e. The number of hydrogen-bond acceptors (Lipinski definition) is 4. The number of rotatable bonds is 3. The highest BCUT2D eigenvalue weighted by Gasteiger charge is 2.21. The number of halogens is 1. The monoisotopic (exact) mass is 321 g/mol. The first kappa shape index (κ1) is 12.8. The van der Waals surface area contributed by atoms with Crippen LogP contribution in [0.1, 0.15) is 36.0 Å². The summed E-state index contributed by atoms with van der Waals surface area (Å²) in [6.07, 6.45) is 3.02. The molecule has 1 N–H and O–H groups in total. The van der Waals surface area contributed by atoms with Crippen LogP contribution in [-0.2, 0) is 6.42 Å². The second-order valence-corrected chi connectivity index (χ2v) is 5.81. The molecular weight excluding hydrogens is 306 g/mol. The second kappa shape index (κ2) is 5.84. The van der Waals surface area contributed by atoms with Crippen molar-refractivity contribution < 1.29 is 4.52 Å². The molecule has 0 spiro atoms. The summed E-state index contributed by atoms with van der Waals surface area (Å²) < 4.78 is 6.47. The molecule has 1 aliphatic heterocycles. The molecule has 0 bridgehead atoms. The quantitative estimate of drug-likeness (QED) is 0.944. The van der Waals surface area contributed by atoms with Crippen LogP contribution in [0, 0.1) is 0 Å². The lowest BCUT2D eigenvalue weighted by Gasteiger charge is -2.18. The van der Waals surface area contributed by atoms with Crippen molar-refractivity contribution in [3.63, 3.8) is 0 Å². The second-order valence-electron chi connectivity index (χ2n) is 4.90. The standard InChI is InChI=1S/C14H16BrN3O/c15-12-5-1-3-10(7-12)8-13-17-14(19-18-13)11-4-2-6-16-9-11/h1,3,5,7,11,16H,2,4,6,8-9H2/t11-/m0/s1. The van der Waals surface area contributed by atoms with Crippen LogP contribution < -0.4 is 5.32 Å². The lowest BCUT2D eigenvalue weighted by atomic mass is 10.00. The fourth-order valence-electron chi connectivity index (χ4n) is 2.40. The van der Waals surface area contributed by atoms with E-state index in [-0.39, 0.29) is 0 Å². The van der Waals surface area contributed by atoms with Gasteiger partial charge in [-0.25, -0.2) is 0 Å². The fraction of sp³-hybridized carbons (Fsp3) is 0.429. The maximum atomic E-state index is 5.39. The Bertz CT molecular complexity index is 549. The summed E-state index contributed by atoms with van der Waals surface area (Å²) in [7, 11) is 0. The Morgan fingerprint density at radius 1 is 1.42 bits per heavy atom. The van der Waals surface area contributed by atoms with Gasteiger partial charge >= 0.3 is 0 Å². The predicted octanol–water partition coefficient (Wildman–Crippen LogP) is 2.89. The summed E-state index contributed by atoms with van der Waals surface area (Å²) in [6, 6.07) is 8.19. The van der Waals surface area contributed by atoms with E-state index in [9.17, 15) is 0 Å². The zero-order valence-corrected chi connectivity index (χ0v) is 12.2. The van der Waals surface area contributed by atoms with E-state index < -0.39 is 0 Å². The van der Waals surface area contributed by atoms with Crippen molar-refractivity contribution in [2.75, 3.05) is 13.1 Å². The minimum atomic E-state index is 0.373. The predicted molar refractivity (Wildman–Crippen MR) is 76.1 cm³/mol. The van der Waals surface area contributed by atoms with Crippen molar-refractivity contribution in [1.29, 1.82) is 0 Å². The van der Waals surface area contributed by atoms with E-state index in [1.807, 2.05) is 12.1 Å². The minimum absolute atomic E-state index is 0.373. The van der Waals surface area contributed by atoms with Gasteiger partial charge in [0, 0.05) is 17.4 Å². The first-order valence-electron chi connectivity index (χ1n) is 6.59. The minimum Gasteiger partial charge on any atom is -0.339 e. The van der Waals surface area contributed by atoms with Gasteiger partial charge in [-0.05, 0) is 37.1 Å². The van der Waals surface area contributed by atoms with Gasteiger partial charge in [0.15, 0.2) is 5.82 Å². The number of aromatic nitrogens is 2. The molecule has 5 heteroatoms. The molecule has 1 atom stereocenters. The average Bonchev–Trinajstić information content (AvgIpc) is 2.88. The molecule has 1 fully saturated rings. The Morgan fingerprint density at radius 3 is 3.16 bits per heavy atom. The van der Waals surface area contributed by atoms with Crippen LogP contribution in [0.2, 0.25) is 0 Å². The Kier molecular flexibility index (Phi) is 3.94. The van der Waals surface area contributed by atoms with Crippen molar-refractivity contribution in [1.82, 2.24) is 15.5 Å². The molecule has 0 radical (unpaired) electrons. The van der Waals surface area contributed by atoms with E-state index >= 15 is 0 Å². The van der Waals surface area contributed by atoms with Gasteiger partial charge in [-0.15, -0.1) is 0 Å². The van der Waals surface area contributed by atoms with Crippen molar-refractivity contribution >= 4 is 15.9 Å². The van der Waals surface area contributed by atoms with Gasteiger partial charge in [0.2, 0.25) is 5.89 Å². The smallest absolute Gasteiger partial charge is 0.231 e. The number of benzene rings is 1. The SMILES string of the molecule is Brc1cccc(Cc2noc([C@H]3CCCNC3)n2)c1. The zero-order chi connectivity index (χ0) is 13.1. The average molecular weight is 322 g/mol. The summed E-state index contributed by atoms with van der Waals surface area (Å²) >= 11 is 3.47.